The van der Waals surface area contributed by atoms with E-state index in [0.717, 1.165) is 39.6 Å². The number of nitrogens with zero attached hydrogens (tertiary/aromatic N) is 1. The topological polar surface area (TPSA) is 31.2 Å². The first-order valence-electron chi connectivity index (χ1n) is 7.13. The van der Waals surface area contributed by atoms with Crippen LogP contribution in [-0.4, -0.2) is 11.3 Å². The molecule has 0 radical (unpaired) electrons. The van der Waals surface area contributed by atoms with E-state index >= 15 is 0 Å². The highest BCUT2D eigenvalue weighted by molar-refractivity contribution is 5.99. The molecule has 0 N–H and O–H groups in total. The molecule has 0 fully saturated rings. The highest BCUT2D eigenvalue weighted by Crippen LogP contribution is 2.33. The lowest BCUT2D eigenvalue weighted by molar-refractivity contribution is 0.143. The number of aryl methyl sites for hydroxylation is 1. The zero-order valence-corrected chi connectivity index (χ0v) is 11.8. The number of hydrogen-bond acceptors (Lipinski definition) is 2. The molecule has 0 atom stereocenters. The van der Waals surface area contributed by atoms with Crippen molar-refractivity contribution in [1.82, 2.24) is 4.73 Å². The van der Waals surface area contributed by atoms with Crippen molar-refractivity contribution in [1.29, 1.82) is 0 Å². The van der Waals surface area contributed by atoms with Gasteiger partial charge >= 0.3 is 0 Å². The maximum Gasteiger partial charge on any atom is 0.291 e. The quantitative estimate of drug-likeness (QED) is 0.685. The zero-order chi connectivity index (χ0) is 14.4. The van der Waals surface area contributed by atoms with Gasteiger partial charge in [0, 0.05) is 12.0 Å². The molecule has 21 heavy (non-hydrogen) atoms. The van der Waals surface area contributed by atoms with Crippen LogP contribution in [0.15, 0.2) is 53.3 Å². The average Bonchev–Trinajstić information content (AvgIpc) is 2.99. The fourth-order valence-corrected chi connectivity index (χ4v) is 3.17. The molecule has 4 rings (SSSR count). The highest BCUT2D eigenvalue weighted by Gasteiger charge is 2.23. The van der Waals surface area contributed by atoms with Gasteiger partial charge in [0.05, 0.1) is 11.1 Å². The number of pyridine rings is 1. The molecular formula is C18H15NO2. The van der Waals surface area contributed by atoms with Gasteiger partial charge in [-0.15, -0.1) is 4.73 Å². The van der Waals surface area contributed by atoms with Crippen LogP contribution in [0.4, 0.5) is 0 Å². The summed E-state index contributed by atoms with van der Waals surface area (Å²) in [6.45, 7) is 2.62. The Morgan fingerprint density at radius 2 is 1.86 bits per heavy atom. The van der Waals surface area contributed by atoms with Crippen molar-refractivity contribution in [2.45, 2.75) is 13.3 Å². The van der Waals surface area contributed by atoms with E-state index in [4.69, 9.17) is 4.84 Å². The molecule has 2 heterocycles. The molecule has 1 aliphatic rings. The van der Waals surface area contributed by atoms with Crippen LogP contribution in [0.1, 0.15) is 11.3 Å². The van der Waals surface area contributed by atoms with Crippen molar-refractivity contribution in [3.8, 4) is 11.1 Å². The minimum Gasteiger partial charge on any atom is -0.410 e. The zero-order valence-electron chi connectivity index (χ0n) is 11.8. The standard InChI is InChI=1S/C18H15NO2/c1-12-6-5-9-14-16(12)17(13-7-3-2-4-8-13)15-10-11-21-19(15)18(14)20/h2-9H,10-11H2,1H3. The maximum absolute atomic E-state index is 12.6. The first kappa shape index (κ1) is 12.2. The molecule has 0 saturated carbocycles. The van der Waals surface area contributed by atoms with E-state index in [1.807, 2.05) is 30.3 Å². The Morgan fingerprint density at radius 3 is 2.67 bits per heavy atom. The van der Waals surface area contributed by atoms with Crippen LogP contribution in [0.5, 0.6) is 0 Å². The van der Waals surface area contributed by atoms with E-state index in [1.54, 1.807) is 0 Å². The van der Waals surface area contributed by atoms with Gasteiger partial charge in [-0.3, -0.25) is 4.79 Å². The number of aromatic nitrogens is 1. The molecular weight excluding hydrogens is 262 g/mol. The number of hydrogen-bond donors (Lipinski definition) is 0. The largest absolute Gasteiger partial charge is 0.410 e. The molecule has 1 aromatic heterocycles. The minimum atomic E-state index is -0.0547. The van der Waals surface area contributed by atoms with Gasteiger partial charge in [0.25, 0.3) is 5.56 Å². The third-order valence-corrected chi connectivity index (χ3v) is 4.09. The molecule has 0 amide bonds. The minimum absolute atomic E-state index is 0.0547. The van der Waals surface area contributed by atoms with Gasteiger partial charge in [0.2, 0.25) is 0 Å². The van der Waals surface area contributed by atoms with E-state index < -0.39 is 0 Å². The number of rotatable bonds is 1. The molecule has 3 nitrogen and oxygen atoms in total. The van der Waals surface area contributed by atoms with Gasteiger partial charge in [-0.2, -0.15) is 0 Å². The van der Waals surface area contributed by atoms with Crippen LogP contribution < -0.4 is 10.4 Å². The fourth-order valence-electron chi connectivity index (χ4n) is 3.17. The second-order valence-electron chi connectivity index (χ2n) is 5.37. The van der Waals surface area contributed by atoms with Gasteiger partial charge in [0.15, 0.2) is 0 Å². The number of benzene rings is 2. The van der Waals surface area contributed by atoms with Crippen molar-refractivity contribution in [2.75, 3.05) is 6.61 Å². The summed E-state index contributed by atoms with van der Waals surface area (Å²) in [7, 11) is 0. The molecule has 0 aliphatic carbocycles. The Bertz CT molecular complexity index is 894. The van der Waals surface area contributed by atoms with Crippen LogP contribution in [-0.2, 0) is 6.42 Å². The summed E-state index contributed by atoms with van der Waals surface area (Å²) < 4.78 is 1.48. The predicted molar refractivity (Wildman–Crippen MR) is 83.5 cm³/mol. The molecule has 0 saturated heterocycles. The molecule has 3 aromatic rings. The van der Waals surface area contributed by atoms with Gasteiger partial charge in [-0.1, -0.05) is 42.5 Å². The normalized spacial score (nSPS) is 13.2. The maximum atomic E-state index is 12.6. The number of fused-ring (bicyclic) bond motifs is 2. The lowest BCUT2D eigenvalue weighted by atomic mass is 9.93. The van der Waals surface area contributed by atoms with Gasteiger partial charge < -0.3 is 4.84 Å². The van der Waals surface area contributed by atoms with Crippen LogP contribution in [0.3, 0.4) is 0 Å². The second kappa shape index (κ2) is 4.48. The molecule has 2 aromatic carbocycles. The van der Waals surface area contributed by atoms with Crippen LogP contribution in [0.2, 0.25) is 0 Å². The molecule has 3 heteroatoms. The lowest BCUT2D eigenvalue weighted by Crippen LogP contribution is -2.25. The molecule has 0 bridgehead atoms. The summed E-state index contributed by atoms with van der Waals surface area (Å²) in [6, 6.07) is 16.1. The summed E-state index contributed by atoms with van der Waals surface area (Å²) in [5, 5.41) is 1.77. The third kappa shape index (κ3) is 1.70. The van der Waals surface area contributed by atoms with Gasteiger partial charge in [-0.25, -0.2) is 0 Å². The van der Waals surface area contributed by atoms with E-state index in [2.05, 4.69) is 25.1 Å². The van der Waals surface area contributed by atoms with Gasteiger partial charge in [-0.05, 0) is 29.5 Å². The Labute approximate surface area is 122 Å². The first-order chi connectivity index (χ1) is 10.3. The van der Waals surface area contributed by atoms with E-state index in [9.17, 15) is 4.79 Å². The Balaban J connectivity index is 2.24. The van der Waals surface area contributed by atoms with Crippen molar-refractivity contribution < 1.29 is 4.84 Å². The van der Waals surface area contributed by atoms with E-state index in [-0.39, 0.29) is 5.56 Å². The van der Waals surface area contributed by atoms with Crippen LogP contribution in [0.25, 0.3) is 21.9 Å². The molecule has 0 spiro atoms. The van der Waals surface area contributed by atoms with Crippen molar-refractivity contribution in [3.63, 3.8) is 0 Å². The third-order valence-electron chi connectivity index (χ3n) is 4.09. The highest BCUT2D eigenvalue weighted by atomic mass is 16.7. The Hall–Kier alpha value is -2.55. The fraction of sp³-hybridized carbons (Fsp3) is 0.167. The smallest absolute Gasteiger partial charge is 0.291 e. The van der Waals surface area contributed by atoms with Crippen LogP contribution in [0, 0.1) is 6.92 Å². The van der Waals surface area contributed by atoms with Gasteiger partial charge in [0.1, 0.15) is 6.61 Å². The molecule has 104 valence electrons. The Morgan fingerprint density at radius 1 is 1.05 bits per heavy atom. The van der Waals surface area contributed by atoms with Crippen molar-refractivity contribution >= 4 is 10.8 Å². The first-order valence-corrected chi connectivity index (χ1v) is 7.13. The average molecular weight is 277 g/mol. The van der Waals surface area contributed by atoms with Crippen LogP contribution >= 0.6 is 0 Å². The molecule has 0 unspecified atom stereocenters. The summed E-state index contributed by atoms with van der Waals surface area (Å²) in [5.74, 6) is 0. The van der Waals surface area contributed by atoms with E-state index in [0.29, 0.717) is 6.61 Å². The SMILES string of the molecule is Cc1cccc2c(=O)n3c(c(-c4ccccc4)c12)CCO3. The Kier molecular flexibility index (Phi) is 2.61. The summed E-state index contributed by atoms with van der Waals surface area (Å²) >= 11 is 0. The van der Waals surface area contributed by atoms with Crippen molar-refractivity contribution in [2.24, 2.45) is 0 Å². The van der Waals surface area contributed by atoms with E-state index in [1.165, 1.54) is 4.73 Å². The summed E-state index contributed by atoms with van der Waals surface area (Å²) in [5.41, 5.74) is 4.31. The monoisotopic (exact) mass is 277 g/mol. The second-order valence-corrected chi connectivity index (χ2v) is 5.37. The predicted octanol–water partition coefficient (Wildman–Crippen LogP) is 2.96. The summed E-state index contributed by atoms with van der Waals surface area (Å²) in [4.78, 5) is 18.1. The molecule has 1 aliphatic heterocycles. The van der Waals surface area contributed by atoms with Crippen molar-refractivity contribution in [3.05, 3.63) is 70.1 Å². The lowest BCUT2D eigenvalue weighted by Gasteiger charge is -2.14. The summed E-state index contributed by atoms with van der Waals surface area (Å²) in [6.07, 6.45) is 0.768.